The summed E-state index contributed by atoms with van der Waals surface area (Å²) in [5.41, 5.74) is 0.217. The summed E-state index contributed by atoms with van der Waals surface area (Å²) >= 11 is 12.1. The van der Waals surface area contributed by atoms with Crippen molar-refractivity contribution >= 4 is 34.9 Å². The summed E-state index contributed by atoms with van der Waals surface area (Å²) in [5, 5.41) is 10.1. The van der Waals surface area contributed by atoms with Crippen LogP contribution in [0.5, 0.6) is 0 Å². The van der Waals surface area contributed by atoms with Crippen LogP contribution in [0.3, 0.4) is 0 Å². The quantitative estimate of drug-likeness (QED) is 0.686. The zero-order valence-electron chi connectivity index (χ0n) is 15.3. The van der Waals surface area contributed by atoms with Crippen LogP contribution in [0.15, 0.2) is 35.5 Å². The maximum atomic E-state index is 13.3. The molecule has 0 radical (unpaired) electrons. The molecule has 1 saturated carbocycles. The Morgan fingerprint density at radius 2 is 1.97 bits per heavy atom. The first-order valence-corrected chi connectivity index (χ1v) is 9.81. The van der Waals surface area contributed by atoms with E-state index in [1.165, 1.54) is 4.68 Å². The number of alkyl halides is 3. The highest BCUT2D eigenvalue weighted by Crippen LogP contribution is 2.40. The molecule has 5 nitrogen and oxygen atoms in total. The van der Waals surface area contributed by atoms with E-state index in [-0.39, 0.29) is 22.8 Å². The molecule has 4 rings (SSSR count). The third kappa shape index (κ3) is 3.71. The van der Waals surface area contributed by atoms with Crippen LogP contribution in [0.1, 0.15) is 43.5 Å². The van der Waals surface area contributed by atoms with E-state index < -0.39 is 17.9 Å². The number of fused-ring (bicyclic) bond motifs is 1. The Kier molecular flexibility index (Phi) is 5.02. The molecule has 2 aliphatic rings. The van der Waals surface area contributed by atoms with E-state index in [4.69, 9.17) is 23.2 Å². The topological polar surface area (TPSA) is 59.0 Å². The Morgan fingerprint density at radius 3 is 2.55 bits per heavy atom. The molecule has 1 fully saturated rings. The number of carbonyl (C=O) groups excluding carboxylic acids is 1. The molecule has 0 spiro atoms. The Bertz CT molecular complexity index is 1010. The minimum atomic E-state index is -4.61. The van der Waals surface area contributed by atoms with Crippen LogP contribution in [0.4, 0.5) is 19.0 Å². The molecule has 1 atom stereocenters. The Balaban J connectivity index is 1.83. The van der Waals surface area contributed by atoms with Crippen molar-refractivity contribution < 1.29 is 18.0 Å². The number of benzene rings is 1. The number of hydrogen-bond acceptors (Lipinski definition) is 3. The summed E-state index contributed by atoms with van der Waals surface area (Å²) in [6, 6.07) is 4.84. The average molecular weight is 445 g/mol. The molecule has 1 aromatic carbocycles. The first-order valence-electron chi connectivity index (χ1n) is 9.05. The van der Waals surface area contributed by atoms with Crippen molar-refractivity contribution in [3.63, 3.8) is 0 Å². The maximum absolute atomic E-state index is 13.3. The SMILES string of the molecule is CC1=C(C(=O)NC2CCC2)C(c2ccc(Cl)c(Cl)c2)n2nc(C(F)(F)F)cc2N1. The van der Waals surface area contributed by atoms with Crippen molar-refractivity contribution in [3.8, 4) is 0 Å². The van der Waals surface area contributed by atoms with Crippen LogP contribution >= 0.6 is 23.2 Å². The minimum absolute atomic E-state index is 0.0713. The van der Waals surface area contributed by atoms with Crippen molar-refractivity contribution in [2.45, 2.75) is 44.4 Å². The van der Waals surface area contributed by atoms with Gasteiger partial charge in [-0.1, -0.05) is 29.3 Å². The van der Waals surface area contributed by atoms with Gasteiger partial charge in [-0.05, 0) is 43.9 Å². The van der Waals surface area contributed by atoms with Crippen LogP contribution in [-0.2, 0) is 11.0 Å². The Hall–Kier alpha value is -2.19. The second-order valence-corrected chi connectivity index (χ2v) is 8.01. The molecule has 1 amide bonds. The van der Waals surface area contributed by atoms with Crippen LogP contribution < -0.4 is 10.6 Å². The van der Waals surface area contributed by atoms with Gasteiger partial charge in [-0.3, -0.25) is 4.79 Å². The Labute approximate surface area is 174 Å². The van der Waals surface area contributed by atoms with Gasteiger partial charge in [0.05, 0.1) is 15.6 Å². The molecule has 1 aliphatic carbocycles. The second-order valence-electron chi connectivity index (χ2n) is 7.20. The molecular weight excluding hydrogens is 428 g/mol. The molecule has 2 heterocycles. The molecule has 10 heteroatoms. The molecule has 0 bridgehead atoms. The van der Waals surface area contributed by atoms with Crippen molar-refractivity contribution in [2.24, 2.45) is 0 Å². The van der Waals surface area contributed by atoms with Crippen LogP contribution in [-0.4, -0.2) is 21.7 Å². The van der Waals surface area contributed by atoms with E-state index >= 15 is 0 Å². The summed E-state index contributed by atoms with van der Waals surface area (Å²) in [6.45, 7) is 1.66. The van der Waals surface area contributed by atoms with Crippen molar-refractivity contribution in [2.75, 3.05) is 5.32 Å². The highest BCUT2D eigenvalue weighted by molar-refractivity contribution is 6.42. The normalized spacial score (nSPS) is 19.4. The summed E-state index contributed by atoms with van der Waals surface area (Å²) in [7, 11) is 0. The molecule has 29 heavy (non-hydrogen) atoms. The van der Waals surface area contributed by atoms with E-state index in [9.17, 15) is 18.0 Å². The lowest BCUT2D eigenvalue weighted by Crippen LogP contribution is -2.43. The fourth-order valence-corrected chi connectivity index (χ4v) is 3.82. The lowest BCUT2D eigenvalue weighted by molar-refractivity contribution is -0.141. The highest BCUT2D eigenvalue weighted by Gasteiger charge is 2.40. The van der Waals surface area contributed by atoms with E-state index in [1.54, 1.807) is 25.1 Å². The fourth-order valence-electron chi connectivity index (χ4n) is 3.51. The predicted octanol–water partition coefficient (Wildman–Crippen LogP) is 5.17. The lowest BCUT2D eigenvalue weighted by Gasteiger charge is -2.32. The summed E-state index contributed by atoms with van der Waals surface area (Å²) in [6.07, 6.45) is -1.81. The number of anilines is 1. The zero-order chi connectivity index (χ0) is 20.9. The first kappa shape index (κ1) is 20.1. The number of halogens is 5. The zero-order valence-corrected chi connectivity index (χ0v) is 16.8. The predicted molar refractivity (Wildman–Crippen MR) is 104 cm³/mol. The summed E-state index contributed by atoms with van der Waals surface area (Å²) in [4.78, 5) is 13.0. The highest BCUT2D eigenvalue weighted by atomic mass is 35.5. The van der Waals surface area contributed by atoms with Gasteiger partial charge >= 0.3 is 6.18 Å². The van der Waals surface area contributed by atoms with Crippen LogP contribution in [0, 0.1) is 0 Å². The third-order valence-electron chi connectivity index (χ3n) is 5.21. The van der Waals surface area contributed by atoms with Crippen molar-refractivity contribution in [1.29, 1.82) is 0 Å². The van der Waals surface area contributed by atoms with Crippen LogP contribution in [0.2, 0.25) is 10.0 Å². The van der Waals surface area contributed by atoms with E-state index in [1.807, 2.05) is 0 Å². The standard InChI is InChI=1S/C19H17Cl2F3N4O/c1-9-16(18(29)26-11-3-2-4-11)17(10-5-6-12(20)13(21)7-10)28-15(25-9)8-14(27-28)19(22,23)24/h5-8,11,17,25H,2-4H2,1H3,(H,26,29). The minimum Gasteiger partial charge on any atom is -0.349 e. The number of carbonyl (C=O) groups is 1. The number of nitrogens with zero attached hydrogens (tertiary/aromatic N) is 2. The number of nitrogens with one attached hydrogen (secondary N) is 2. The van der Waals surface area contributed by atoms with E-state index in [0.29, 0.717) is 21.9 Å². The molecular formula is C19H17Cl2F3N4O. The van der Waals surface area contributed by atoms with Gasteiger partial charge in [0, 0.05) is 17.8 Å². The Morgan fingerprint density at radius 1 is 1.24 bits per heavy atom. The molecule has 2 aromatic rings. The maximum Gasteiger partial charge on any atom is 0.435 e. The van der Waals surface area contributed by atoms with Crippen LogP contribution in [0.25, 0.3) is 0 Å². The molecule has 1 aromatic heterocycles. The van der Waals surface area contributed by atoms with Gasteiger partial charge in [0.1, 0.15) is 11.9 Å². The summed E-state index contributed by atoms with van der Waals surface area (Å²) in [5.74, 6) is -0.198. The van der Waals surface area contributed by atoms with Gasteiger partial charge in [-0.25, -0.2) is 4.68 Å². The van der Waals surface area contributed by atoms with Gasteiger partial charge < -0.3 is 10.6 Å². The molecule has 2 N–H and O–H groups in total. The van der Waals surface area contributed by atoms with Gasteiger partial charge in [0.2, 0.25) is 0 Å². The lowest BCUT2D eigenvalue weighted by atomic mass is 9.91. The van der Waals surface area contributed by atoms with Crippen molar-refractivity contribution in [1.82, 2.24) is 15.1 Å². The van der Waals surface area contributed by atoms with Gasteiger partial charge in [0.25, 0.3) is 5.91 Å². The fraction of sp³-hybridized carbons (Fsp3) is 0.368. The smallest absolute Gasteiger partial charge is 0.349 e. The number of amides is 1. The van der Waals surface area contributed by atoms with E-state index in [0.717, 1.165) is 25.3 Å². The number of allylic oxidation sites excluding steroid dienone is 1. The molecule has 0 saturated heterocycles. The average Bonchev–Trinajstić information content (AvgIpc) is 3.03. The molecule has 1 aliphatic heterocycles. The van der Waals surface area contributed by atoms with Crippen molar-refractivity contribution in [3.05, 3.63) is 56.8 Å². The number of rotatable bonds is 3. The monoisotopic (exact) mass is 444 g/mol. The second kappa shape index (κ2) is 7.25. The molecule has 1 unspecified atom stereocenters. The number of aromatic nitrogens is 2. The summed E-state index contributed by atoms with van der Waals surface area (Å²) < 4.78 is 41.0. The largest absolute Gasteiger partial charge is 0.435 e. The first-order chi connectivity index (χ1) is 13.6. The van der Waals surface area contributed by atoms with Gasteiger partial charge in [-0.2, -0.15) is 18.3 Å². The van der Waals surface area contributed by atoms with Gasteiger partial charge in [-0.15, -0.1) is 0 Å². The van der Waals surface area contributed by atoms with Gasteiger partial charge in [0.15, 0.2) is 5.69 Å². The molecule has 154 valence electrons. The van der Waals surface area contributed by atoms with E-state index in [2.05, 4.69) is 15.7 Å². The third-order valence-corrected chi connectivity index (χ3v) is 5.95. The number of hydrogen-bond donors (Lipinski definition) is 2.